The molecule has 0 radical (unpaired) electrons. The number of nitrogens with two attached hydrogens (primary N) is 1. The topological polar surface area (TPSA) is 50.4 Å². The van der Waals surface area contributed by atoms with Gasteiger partial charge in [-0.2, -0.15) is 0 Å². The summed E-state index contributed by atoms with van der Waals surface area (Å²) >= 11 is 5.86. The molecule has 2 aromatic carbocycles. The van der Waals surface area contributed by atoms with Crippen molar-refractivity contribution in [3.63, 3.8) is 0 Å². The van der Waals surface area contributed by atoms with Crippen molar-refractivity contribution < 1.29 is 0 Å². The third-order valence-electron chi connectivity index (χ3n) is 3.11. The summed E-state index contributed by atoms with van der Waals surface area (Å²) in [5, 5.41) is 3.87. The largest absolute Gasteiger partial charge is 0.370 e. The summed E-state index contributed by atoms with van der Waals surface area (Å²) in [4.78, 5) is 4.34. The Morgan fingerprint density at radius 1 is 1.18 bits per heavy atom. The molecule has 0 aliphatic rings. The Kier molecular flexibility index (Phi) is 8.27. The van der Waals surface area contributed by atoms with Crippen LogP contribution in [0.5, 0.6) is 0 Å². The van der Waals surface area contributed by atoms with Gasteiger partial charge < -0.3 is 11.1 Å². The van der Waals surface area contributed by atoms with Gasteiger partial charge in [-0.05, 0) is 55.2 Å². The molecule has 0 aliphatic carbocycles. The van der Waals surface area contributed by atoms with E-state index in [4.69, 9.17) is 17.3 Å². The number of guanidine groups is 1. The van der Waals surface area contributed by atoms with Crippen LogP contribution in [0.4, 0.5) is 5.69 Å². The molecular weight excluding hydrogens is 409 g/mol. The maximum atomic E-state index is 5.88. The Balaban J connectivity index is 0.00000242. The number of nitrogens with zero attached hydrogens (tertiary/aromatic N) is 1. The van der Waals surface area contributed by atoms with Gasteiger partial charge in [0.25, 0.3) is 0 Å². The quantitative estimate of drug-likeness (QED) is 0.315. The van der Waals surface area contributed by atoms with Crippen LogP contribution < -0.4 is 11.1 Å². The lowest BCUT2D eigenvalue weighted by molar-refractivity contribution is 0.832. The van der Waals surface area contributed by atoms with Crippen LogP contribution in [0.25, 0.3) is 0 Å². The molecule has 118 valence electrons. The molecule has 22 heavy (non-hydrogen) atoms. The fourth-order valence-electron chi connectivity index (χ4n) is 2.04. The molecule has 0 fully saturated rings. The molecule has 0 heterocycles. The molecule has 0 spiro atoms. The maximum absolute atomic E-state index is 5.88. The normalized spacial score (nSPS) is 10.9. The monoisotopic (exact) mass is 429 g/mol. The lowest BCUT2D eigenvalue weighted by Crippen LogP contribution is -2.22. The van der Waals surface area contributed by atoms with Gasteiger partial charge in [-0.15, -0.1) is 24.0 Å². The lowest BCUT2D eigenvalue weighted by Gasteiger charge is -2.06. The van der Waals surface area contributed by atoms with E-state index in [9.17, 15) is 0 Å². The first-order valence-electron chi connectivity index (χ1n) is 7.01. The average Bonchev–Trinajstić information content (AvgIpc) is 2.45. The van der Waals surface area contributed by atoms with Crippen molar-refractivity contribution in [3.05, 3.63) is 64.7 Å². The Bertz CT molecular complexity index is 612. The zero-order valence-corrected chi connectivity index (χ0v) is 15.6. The van der Waals surface area contributed by atoms with E-state index in [0.29, 0.717) is 12.5 Å². The number of hydrogen-bond donors (Lipinski definition) is 2. The van der Waals surface area contributed by atoms with Crippen LogP contribution in [0.3, 0.4) is 0 Å². The summed E-state index contributed by atoms with van der Waals surface area (Å²) in [5.41, 5.74) is 9.30. The van der Waals surface area contributed by atoms with Crippen LogP contribution in [-0.2, 0) is 6.42 Å². The smallest absolute Gasteiger partial charge is 0.193 e. The van der Waals surface area contributed by atoms with Gasteiger partial charge in [0.1, 0.15) is 0 Å². The van der Waals surface area contributed by atoms with E-state index >= 15 is 0 Å². The molecule has 0 aromatic heterocycles. The van der Waals surface area contributed by atoms with Crippen molar-refractivity contribution >= 4 is 47.2 Å². The highest BCUT2D eigenvalue weighted by molar-refractivity contribution is 14.0. The fourth-order valence-corrected chi connectivity index (χ4v) is 2.17. The lowest BCUT2D eigenvalue weighted by atomic mass is 10.1. The molecule has 0 bridgehead atoms. The number of halogens is 2. The molecule has 2 rings (SSSR count). The summed E-state index contributed by atoms with van der Waals surface area (Å²) < 4.78 is 0. The van der Waals surface area contributed by atoms with Gasteiger partial charge in [-0.1, -0.05) is 35.9 Å². The third kappa shape index (κ3) is 6.66. The first kappa shape index (κ1) is 18.8. The van der Waals surface area contributed by atoms with Crippen molar-refractivity contribution in [2.24, 2.45) is 10.7 Å². The van der Waals surface area contributed by atoms with Crippen molar-refractivity contribution in [2.75, 3.05) is 11.9 Å². The highest BCUT2D eigenvalue weighted by Gasteiger charge is 1.96. The molecule has 0 atom stereocenters. The average molecular weight is 430 g/mol. The van der Waals surface area contributed by atoms with E-state index in [0.717, 1.165) is 23.6 Å². The highest BCUT2D eigenvalue weighted by Crippen LogP contribution is 2.11. The summed E-state index contributed by atoms with van der Waals surface area (Å²) in [6.07, 6.45) is 1.93. The van der Waals surface area contributed by atoms with Crippen LogP contribution in [0, 0.1) is 6.92 Å². The van der Waals surface area contributed by atoms with E-state index in [1.54, 1.807) is 0 Å². The molecular formula is C17H21ClIN3. The number of rotatable bonds is 5. The number of nitrogens with one attached hydrogen (secondary N) is 1. The van der Waals surface area contributed by atoms with E-state index < -0.39 is 0 Å². The van der Waals surface area contributed by atoms with Crippen molar-refractivity contribution in [3.8, 4) is 0 Å². The number of benzene rings is 2. The number of anilines is 1. The minimum Gasteiger partial charge on any atom is -0.370 e. The van der Waals surface area contributed by atoms with E-state index in [-0.39, 0.29) is 24.0 Å². The minimum atomic E-state index is 0. The second kappa shape index (κ2) is 9.69. The molecule has 3 N–H and O–H groups in total. The molecule has 0 saturated heterocycles. The van der Waals surface area contributed by atoms with Gasteiger partial charge in [0, 0.05) is 17.3 Å². The summed E-state index contributed by atoms with van der Waals surface area (Å²) in [6.45, 7) is 2.75. The molecule has 0 saturated carbocycles. The summed E-state index contributed by atoms with van der Waals surface area (Å²) in [6, 6.07) is 16.0. The molecule has 0 amide bonds. The van der Waals surface area contributed by atoms with Gasteiger partial charge in [-0.3, -0.25) is 4.99 Å². The Hall–Kier alpha value is -1.27. The maximum Gasteiger partial charge on any atom is 0.193 e. The van der Waals surface area contributed by atoms with E-state index in [1.165, 1.54) is 11.1 Å². The van der Waals surface area contributed by atoms with Gasteiger partial charge in [-0.25, -0.2) is 0 Å². The van der Waals surface area contributed by atoms with Gasteiger partial charge in [0.2, 0.25) is 0 Å². The van der Waals surface area contributed by atoms with Crippen LogP contribution >= 0.6 is 35.6 Å². The first-order valence-corrected chi connectivity index (χ1v) is 7.39. The molecule has 2 aromatic rings. The predicted octanol–water partition coefficient (Wildman–Crippen LogP) is 4.63. The van der Waals surface area contributed by atoms with Crippen molar-refractivity contribution in [1.82, 2.24) is 0 Å². The van der Waals surface area contributed by atoms with Crippen molar-refractivity contribution in [1.29, 1.82) is 0 Å². The van der Waals surface area contributed by atoms with Crippen molar-refractivity contribution in [2.45, 2.75) is 19.8 Å². The minimum absolute atomic E-state index is 0. The van der Waals surface area contributed by atoms with Crippen LogP contribution in [0.2, 0.25) is 5.02 Å². The zero-order valence-electron chi connectivity index (χ0n) is 12.6. The first-order chi connectivity index (χ1) is 10.1. The van der Waals surface area contributed by atoms with Gasteiger partial charge in [0.05, 0.1) is 0 Å². The Morgan fingerprint density at radius 2 is 1.91 bits per heavy atom. The standard InChI is InChI=1S/C17H20ClN3.HI/c1-13-4-2-6-16(12-13)21-17(19)20-11-3-5-14-7-9-15(18)10-8-14;/h2,4,6-10,12H,3,5,11H2,1H3,(H3,19,20,21);1H. The number of aryl methyl sites for hydroxylation is 2. The zero-order chi connectivity index (χ0) is 15.1. The second-order valence-electron chi connectivity index (χ2n) is 4.99. The molecule has 0 aliphatic heterocycles. The fraction of sp³-hybridized carbons (Fsp3) is 0.235. The van der Waals surface area contributed by atoms with Gasteiger partial charge >= 0.3 is 0 Å². The highest BCUT2D eigenvalue weighted by atomic mass is 127. The Morgan fingerprint density at radius 3 is 2.59 bits per heavy atom. The second-order valence-corrected chi connectivity index (χ2v) is 5.43. The number of hydrogen-bond acceptors (Lipinski definition) is 1. The molecule has 0 unspecified atom stereocenters. The molecule has 3 nitrogen and oxygen atoms in total. The van der Waals surface area contributed by atoms with Crippen LogP contribution in [0.1, 0.15) is 17.5 Å². The SMILES string of the molecule is Cc1cccc(NC(N)=NCCCc2ccc(Cl)cc2)c1.I. The van der Waals surface area contributed by atoms with Gasteiger partial charge in [0.15, 0.2) is 5.96 Å². The van der Waals surface area contributed by atoms with E-state index in [1.807, 2.05) is 55.5 Å². The van der Waals surface area contributed by atoms with Crippen LogP contribution in [-0.4, -0.2) is 12.5 Å². The van der Waals surface area contributed by atoms with E-state index in [2.05, 4.69) is 10.3 Å². The molecule has 5 heteroatoms. The Labute approximate surface area is 154 Å². The third-order valence-corrected chi connectivity index (χ3v) is 3.36. The number of aliphatic imine (C=N–C) groups is 1. The predicted molar refractivity (Wildman–Crippen MR) is 106 cm³/mol. The van der Waals surface area contributed by atoms with Crippen LogP contribution in [0.15, 0.2) is 53.5 Å². The summed E-state index contributed by atoms with van der Waals surface area (Å²) in [5.74, 6) is 0.455. The summed E-state index contributed by atoms with van der Waals surface area (Å²) in [7, 11) is 0.